The molecule has 28 heavy (non-hydrogen) atoms. The van der Waals surface area contributed by atoms with Gasteiger partial charge in [0.05, 0.1) is 19.5 Å². The van der Waals surface area contributed by atoms with Crippen LogP contribution in [0.2, 0.25) is 0 Å². The van der Waals surface area contributed by atoms with E-state index in [0.29, 0.717) is 6.54 Å². The molecule has 6 atom stereocenters. The van der Waals surface area contributed by atoms with Crippen LogP contribution in [0, 0.1) is 23.2 Å². The molecule has 0 aromatic heterocycles. The Morgan fingerprint density at radius 1 is 1.14 bits per heavy atom. The van der Waals surface area contributed by atoms with Gasteiger partial charge in [-0.1, -0.05) is 20.8 Å². The second kappa shape index (κ2) is 6.71. The number of quaternary nitrogens is 1. The minimum atomic E-state index is -0.582. The van der Waals surface area contributed by atoms with Gasteiger partial charge in [-0.05, 0) is 33.6 Å². The summed E-state index contributed by atoms with van der Waals surface area (Å²) in [6, 6.07) is 0. The van der Waals surface area contributed by atoms with Crippen LogP contribution in [0.3, 0.4) is 0 Å². The SMILES string of the molecule is CC(C)(C)C[N+](C)(C(=O)OCC(=O)OC1C2CC3C(=O)OC1C3C2)C(C)(C)C. The molecule has 2 bridgehead atoms. The highest BCUT2D eigenvalue weighted by atomic mass is 16.6. The van der Waals surface area contributed by atoms with E-state index >= 15 is 0 Å². The molecule has 0 N–H and O–H groups in total. The number of amides is 1. The van der Waals surface area contributed by atoms with E-state index in [4.69, 9.17) is 14.2 Å². The fourth-order valence-electron chi connectivity index (χ4n) is 5.04. The number of carbonyl (C=O) groups excluding carboxylic acids is 3. The topological polar surface area (TPSA) is 78.9 Å². The van der Waals surface area contributed by atoms with E-state index in [0.717, 1.165) is 12.8 Å². The highest BCUT2D eigenvalue weighted by Gasteiger charge is 2.63. The van der Waals surface area contributed by atoms with Crippen LogP contribution in [0.1, 0.15) is 54.4 Å². The van der Waals surface area contributed by atoms with Crippen molar-refractivity contribution in [3.05, 3.63) is 0 Å². The number of hydrogen-bond donors (Lipinski definition) is 0. The van der Waals surface area contributed by atoms with Crippen molar-refractivity contribution in [2.75, 3.05) is 20.2 Å². The molecular formula is C21H34NO6+. The van der Waals surface area contributed by atoms with Crippen LogP contribution in [-0.2, 0) is 23.8 Å². The Bertz CT molecular complexity index is 675. The average Bonchev–Trinajstić information content (AvgIpc) is 3.14. The summed E-state index contributed by atoms with van der Waals surface area (Å²) in [4.78, 5) is 37.1. The fourth-order valence-corrected chi connectivity index (χ4v) is 5.04. The van der Waals surface area contributed by atoms with Crippen LogP contribution < -0.4 is 0 Å². The third kappa shape index (κ3) is 3.65. The molecular weight excluding hydrogens is 362 g/mol. The highest BCUT2D eigenvalue weighted by molar-refractivity contribution is 5.77. The van der Waals surface area contributed by atoms with Crippen molar-refractivity contribution in [3.8, 4) is 0 Å². The van der Waals surface area contributed by atoms with E-state index in [9.17, 15) is 14.4 Å². The first-order valence-corrected chi connectivity index (χ1v) is 10.2. The third-order valence-electron chi connectivity index (χ3n) is 6.67. The van der Waals surface area contributed by atoms with Crippen molar-refractivity contribution in [1.82, 2.24) is 0 Å². The first-order chi connectivity index (χ1) is 12.7. The molecule has 158 valence electrons. The molecule has 0 spiro atoms. The van der Waals surface area contributed by atoms with Crippen LogP contribution in [-0.4, -0.2) is 60.5 Å². The van der Waals surface area contributed by atoms with Gasteiger partial charge in [0.25, 0.3) is 0 Å². The maximum atomic E-state index is 12.9. The summed E-state index contributed by atoms with van der Waals surface area (Å²) in [5.41, 5.74) is -0.473. The Balaban J connectivity index is 1.58. The Labute approximate surface area is 167 Å². The van der Waals surface area contributed by atoms with Gasteiger partial charge in [0, 0.05) is 17.3 Å². The van der Waals surface area contributed by atoms with Gasteiger partial charge in [0.2, 0.25) is 0 Å². The van der Waals surface area contributed by atoms with E-state index in [1.807, 2.05) is 27.8 Å². The van der Waals surface area contributed by atoms with Gasteiger partial charge in [-0.15, -0.1) is 0 Å². The zero-order chi connectivity index (χ0) is 21.1. The van der Waals surface area contributed by atoms with E-state index in [2.05, 4.69) is 20.8 Å². The molecule has 3 aliphatic rings. The maximum Gasteiger partial charge on any atom is 0.516 e. The molecule has 7 heteroatoms. The lowest BCUT2D eigenvalue weighted by Gasteiger charge is -2.44. The van der Waals surface area contributed by atoms with Crippen molar-refractivity contribution in [2.45, 2.75) is 72.1 Å². The molecule has 1 heterocycles. The fraction of sp³-hybridized carbons (Fsp3) is 0.857. The number of carbonyl (C=O) groups is 3. The van der Waals surface area contributed by atoms with E-state index in [1.165, 1.54) is 0 Å². The van der Waals surface area contributed by atoms with Crippen molar-refractivity contribution < 1.29 is 33.1 Å². The number of hydrogen-bond acceptors (Lipinski definition) is 6. The third-order valence-corrected chi connectivity index (χ3v) is 6.67. The summed E-state index contributed by atoms with van der Waals surface area (Å²) in [6.45, 7) is 12.3. The summed E-state index contributed by atoms with van der Waals surface area (Å²) < 4.78 is 16.4. The summed E-state index contributed by atoms with van der Waals surface area (Å²) >= 11 is 0. The summed E-state index contributed by atoms with van der Waals surface area (Å²) in [5, 5.41) is 0. The molecule has 3 fully saturated rings. The largest absolute Gasteiger partial charge is 0.516 e. The maximum absolute atomic E-state index is 12.9. The first-order valence-electron chi connectivity index (χ1n) is 10.2. The van der Waals surface area contributed by atoms with Gasteiger partial charge in [-0.25, -0.2) is 9.28 Å². The Hall–Kier alpha value is -1.63. The minimum Gasteiger partial charge on any atom is -0.458 e. The van der Waals surface area contributed by atoms with Crippen LogP contribution >= 0.6 is 0 Å². The van der Waals surface area contributed by atoms with Crippen LogP contribution in [0.5, 0.6) is 0 Å². The van der Waals surface area contributed by atoms with Gasteiger partial charge in [0.1, 0.15) is 17.7 Å². The molecule has 3 rings (SSSR count). The Morgan fingerprint density at radius 2 is 1.79 bits per heavy atom. The van der Waals surface area contributed by atoms with Gasteiger partial charge in [-0.3, -0.25) is 4.79 Å². The molecule has 0 aromatic rings. The lowest BCUT2D eigenvalue weighted by atomic mass is 9.88. The van der Waals surface area contributed by atoms with Crippen molar-refractivity contribution in [3.63, 3.8) is 0 Å². The molecule has 1 amide bonds. The zero-order valence-electron chi connectivity index (χ0n) is 18.1. The van der Waals surface area contributed by atoms with Crippen LogP contribution in [0.15, 0.2) is 0 Å². The van der Waals surface area contributed by atoms with Gasteiger partial charge >= 0.3 is 18.0 Å². The second-order valence-corrected chi connectivity index (χ2v) is 11.0. The van der Waals surface area contributed by atoms with Crippen molar-refractivity contribution in [2.24, 2.45) is 23.2 Å². The Kier molecular flexibility index (Phi) is 5.06. The van der Waals surface area contributed by atoms with Gasteiger partial charge < -0.3 is 14.2 Å². The van der Waals surface area contributed by atoms with Gasteiger partial charge in [0.15, 0.2) is 6.61 Å². The van der Waals surface area contributed by atoms with Crippen molar-refractivity contribution in [1.29, 1.82) is 0 Å². The number of esters is 2. The van der Waals surface area contributed by atoms with Crippen LogP contribution in [0.4, 0.5) is 4.79 Å². The smallest absolute Gasteiger partial charge is 0.458 e. The molecule has 1 aliphatic heterocycles. The molecule has 7 nitrogen and oxygen atoms in total. The van der Waals surface area contributed by atoms with E-state index in [-0.39, 0.29) is 45.3 Å². The molecule has 0 aromatic carbocycles. The molecule has 2 aliphatic carbocycles. The van der Waals surface area contributed by atoms with E-state index < -0.39 is 24.8 Å². The zero-order valence-corrected chi connectivity index (χ0v) is 18.1. The molecule has 2 saturated carbocycles. The molecule has 0 radical (unpaired) electrons. The number of ether oxygens (including phenoxy) is 3. The second-order valence-electron chi connectivity index (χ2n) is 11.0. The lowest BCUT2D eigenvalue weighted by molar-refractivity contribution is -0.891. The first kappa shape index (κ1) is 21.1. The number of rotatable bonds is 4. The minimum absolute atomic E-state index is 0.0232. The summed E-state index contributed by atoms with van der Waals surface area (Å²) in [6.07, 6.45) is 0.412. The standard InChI is InChI=1S/C21H34NO6/c1-20(2,3)11-22(7,21(4,5)6)19(25)26-10-15(23)27-16-12-8-13-14(9-12)18(24)28-17(13)16/h12-14,16-17H,8-11H2,1-7H3/q+1. The quantitative estimate of drug-likeness (QED) is 0.413. The molecule has 6 unspecified atom stereocenters. The van der Waals surface area contributed by atoms with Gasteiger partial charge in [-0.2, -0.15) is 4.79 Å². The Morgan fingerprint density at radius 3 is 2.36 bits per heavy atom. The van der Waals surface area contributed by atoms with Crippen LogP contribution in [0.25, 0.3) is 0 Å². The highest BCUT2D eigenvalue weighted by Crippen LogP contribution is 2.55. The van der Waals surface area contributed by atoms with E-state index in [1.54, 1.807) is 0 Å². The molecule has 1 saturated heterocycles. The predicted molar refractivity (Wildman–Crippen MR) is 101 cm³/mol. The normalized spacial score (nSPS) is 33.4. The number of nitrogens with zero attached hydrogens (tertiary/aromatic N) is 1. The number of fused-ring (bicyclic) bond motifs is 1. The average molecular weight is 397 g/mol. The lowest BCUT2D eigenvalue weighted by Crippen LogP contribution is -2.63. The van der Waals surface area contributed by atoms with Crippen molar-refractivity contribution >= 4 is 18.0 Å². The summed E-state index contributed by atoms with van der Waals surface area (Å²) in [5.74, 6) is -0.428. The summed E-state index contributed by atoms with van der Waals surface area (Å²) in [7, 11) is 1.84. The monoisotopic (exact) mass is 396 g/mol. The predicted octanol–water partition coefficient (Wildman–Crippen LogP) is 2.91.